The highest BCUT2D eigenvalue weighted by molar-refractivity contribution is 5.83. The minimum atomic E-state index is 0.315. The van der Waals surface area contributed by atoms with Crippen molar-refractivity contribution in [3.05, 3.63) is 41.0 Å². The van der Waals surface area contributed by atoms with Crippen molar-refractivity contribution in [2.24, 2.45) is 5.92 Å². The van der Waals surface area contributed by atoms with Gasteiger partial charge in [0.1, 0.15) is 0 Å². The van der Waals surface area contributed by atoms with Crippen molar-refractivity contribution in [2.45, 2.75) is 58.9 Å². The van der Waals surface area contributed by atoms with Crippen molar-refractivity contribution in [1.82, 2.24) is 4.90 Å². The van der Waals surface area contributed by atoms with E-state index in [4.69, 9.17) is 0 Å². The Bertz CT molecular complexity index is 599. The maximum atomic E-state index is 12.6. The highest BCUT2D eigenvalue weighted by Gasteiger charge is 2.36. The van der Waals surface area contributed by atoms with Crippen LogP contribution in [0.1, 0.15) is 57.6 Å². The van der Waals surface area contributed by atoms with Gasteiger partial charge in [-0.1, -0.05) is 45.0 Å². The van der Waals surface area contributed by atoms with Gasteiger partial charge in [0.15, 0.2) is 0 Å². The summed E-state index contributed by atoms with van der Waals surface area (Å²) in [5.41, 5.74) is 5.94. The van der Waals surface area contributed by atoms with Gasteiger partial charge in [0.25, 0.3) is 0 Å². The van der Waals surface area contributed by atoms with Gasteiger partial charge >= 0.3 is 0 Å². The number of carbonyl (C=O) groups excluding carboxylic acids is 1. The SMILES string of the molecule is CCCC(=O)N1CCC2=C(Cc3ccccc32)C1CC(C)C. The van der Waals surface area contributed by atoms with Gasteiger partial charge in [0.2, 0.25) is 5.91 Å². The molecule has 0 fully saturated rings. The molecule has 0 bridgehead atoms. The molecule has 0 N–H and O–H groups in total. The maximum absolute atomic E-state index is 12.6. The van der Waals surface area contributed by atoms with E-state index in [0.717, 1.165) is 32.2 Å². The van der Waals surface area contributed by atoms with Gasteiger partial charge in [-0.25, -0.2) is 0 Å². The van der Waals surface area contributed by atoms with Gasteiger partial charge in [-0.05, 0) is 53.9 Å². The van der Waals surface area contributed by atoms with Crippen LogP contribution in [0.5, 0.6) is 0 Å². The predicted octanol–water partition coefficient (Wildman–Crippen LogP) is 4.44. The number of rotatable bonds is 4. The summed E-state index contributed by atoms with van der Waals surface area (Å²) in [6.45, 7) is 7.51. The molecule has 3 rings (SSSR count). The normalized spacial score (nSPS) is 20.4. The average molecular weight is 297 g/mol. The topological polar surface area (TPSA) is 20.3 Å². The zero-order valence-electron chi connectivity index (χ0n) is 14.1. The van der Waals surface area contributed by atoms with Gasteiger partial charge in [-0.2, -0.15) is 0 Å². The molecule has 118 valence electrons. The summed E-state index contributed by atoms with van der Waals surface area (Å²) >= 11 is 0. The Labute approximate surface area is 134 Å². The Hall–Kier alpha value is -1.57. The van der Waals surface area contributed by atoms with Crippen LogP contribution in [0, 0.1) is 5.92 Å². The lowest BCUT2D eigenvalue weighted by molar-refractivity contribution is -0.133. The van der Waals surface area contributed by atoms with E-state index in [1.54, 1.807) is 0 Å². The van der Waals surface area contributed by atoms with Crippen LogP contribution in [0.25, 0.3) is 5.57 Å². The Kier molecular flexibility index (Phi) is 4.37. The van der Waals surface area contributed by atoms with Crippen LogP contribution in [-0.2, 0) is 11.2 Å². The smallest absolute Gasteiger partial charge is 0.223 e. The zero-order chi connectivity index (χ0) is 15.7. The molecular weight excluding hydrogens is 270 g/mol. The van der Waals surface area contributed by atoms with E-state index in [1.165, 1.54) is 22.3 Å². The van der Waals surface area contributed by atoms with Crippen LogP contribution in [0.4, 0.5) is 0 Å². The van der Waals surface area contributed by atoms with E-state index in [-0.39, 0.29) is 0 Å². The summed E-state index contributed by atoms with van der Waals surface area (Å²) in [5, 5.41) is 0. The van der Waals surface area contributed by atoms with Gasteiger partial charge < -0.3 is 4.90 Å². The zero-order valence-corrected chi connectivity index (χ0v) is 14.1. The molecule has 2 aliphatic rings. The van der Waals surface area contributed by atoms with Gasteiger partial charge in [-0.15, -0.1) is 0 Å². The number of nitrogens with zero attached hydrogens (tertiary/aromatic N) is 1. The quantitative estimate of drug-likeness (QED) is 0.804. The van der Waals surface area contributed by atoms with Crippen LogP contribution in [0.3, 0.4) is 0 Å². The summed E-state index contributed by atoms with van der Waals surface area (Å²) in [7, 11) is 0. The first-order valence-electron chi connectivity index (χ1n) is 8.71. The second kappa shape index (κ2) is 6.28. The fourth-order valence-corrected chi connectivity index (χ4v) is 4.02. The Morgan fingerprint density at radius 2 is 2.09 bits per heavy atom. The third-order valence-electron chi connectivity index (χ3n) is 4.97. The lowest BCUT2D eigenvalue weighted by Gasteiger charge is -2.38. The lowest BCUT2D eigenvalue weighted by Crippen LogP contribution is -2.45. The second-order valence-electron chi connectivity index (χ2n) is 7.07. The first-order valence-corrected chi connectivity index (χ1v) is 8.71. The van der Waals surface area contributed by atoms with E-state index < -0.39 is 0 Å². The molecule has 0 aromatic heterocycles. The molecule has 1 aliphatic heterocycles. The number of fused-ring (bicyclic) bond motifs is 2. The molecular formula is C20H27NO. The minimum Gasteiger partial charge on any atom is -0.336 e. The summed E-state index contributed by atoms with van der Waals surface area (Å²) in [5.74, 6) is 0.952. The molecule has 0 saturated heterocycles. The largest absolute Gasteiger partial charge is 0.336 e. The van der Waals surface area contributed by atoms with Crippen molar-refractivity contribution in [3.63, 3.8) is 0 Å². The number of carbonyl (C=O) groups is 1. The lowest BCUT2D eigenvalue weighted by atomic mass is 9.87. The van der Waals surface area contributed by atoms with Crippen molar-refractivity contribution in [1.29, 1.82) is 0 Å². The fourth-order valence-electron chi connectivity index (χ4n) is 4.02. The fraction of sp³-hybridized carbons (Fsp3) is 0.550. The van der Waals surface area contributed by atoms with Gasteiger partial charge in [0.05, 0.1) is 6.04 Å². The number of hydrogen-bond donors (Lipinski definition) is 0. The molecule has 1 aliphatic carbocycles. The number of benzene rings is 1. The van der Waals surface area contributed by atoms with E-state index in [0.29, 0.717) is 24.3 Å². The number of hydrogen-bond acceptors (Lipinski definition) is 1. The van der Waals surface area contributed by atoms with Crippen LogP contribution >= 0.6 is 0 Å². The molecule has 1 aromatic rings. The van der Waals surface area contributed by atoms with Crippen LogP contribution in [-0.4, -0.2) is 23.4 Å². The van der Waals surface area contributed by atoms with Crippen molar-refractivity contribution >= 4 is 11.5 Å². The molecule has 2 heteroatoms. The van der Waals surface area contributed by atoms with Crippen LogP contribution in [0.2, 0.25) is 0 Å². The molecule has 2 nitrogen and oxygen atoms in total. The van der Waals surface area contributed by atoms with E-state index in [9.17, 15) is 4.79 Å². The summed E-state index contributed by atoms with van der Waals surface area (Å²) in [6, 6.07) is 9.09. The summed E-state index contributed by atoms with van der Waals surface area (Å²) < 4.78 is 0. The summed E-state index contributed by atoms with van der Waals surface area (Å²) in [6.07, 6.45) is 4.78. The molecule has 0 radical (unpaired) electrons. The minimum absolute atomic E-state index is 0.315. The van der Waals surface area contributed by atoms with Crippen LogP contribution in [0.15, 0.2) is 29.8 Å². The van der Waals surface area contributed by atoms with Crippen LogP contribution < -0.4 is 0 Å². The van der Waals surface area contributed by atoms with Gasteiger partial charge in [-0.3, -0.25) is 4.79 Å². The van der Waals surface area contributed by atoms with E-state index in [2.05, 4.69) is 49.9 Å². The molecule has 1 atom stereocenters. The highest BCUT2D eigenvalue weighted by Crippen LogP contribution is 2.42. The van der Waals surface area contributed by atoms with Gasteiger partial charge in [0, 0.05) is 13.0 Å². The first kappa shape index (κ1) is 15.3. The third-order valence-corrected chi connectivity index (χ3v) is 4.97. The van der Waals surface area contributed by atoms with Crippen molar-refractivity contribution in [2.75, 3.05) is 6.54 Å². The van der Waals surface area contributed by atoms with E-state index in [1.807, 2.05) is 0 Å². The standard InChI is InChI=1S/C20H27NO/c1-4-7-20(22)21-11-10-17-16-9-6-5-8-15(16)13-18(17)19(21)12-14(2)3/h5-6,8-9,14,19H,4,7,10-13H2,1-3H3. The Morgan fingerprint density at radius 3 is 2.82 bits per heavy atom. The van der Waals surface area contributed by atoms with Crippen molar-refractivity contribution in [3.8, 4) is 0 Å². The second-order valence-corrected chi connectivity index (χ2v) is 7.07. The van der Waals surface area contributed by atoms with Crippen molar-refractivity contribution < 1.29 is 4.79 Å². The molecule has 0 spiro atoms. The summed E-state index contributed by atoms with van der Waals surface area (Å²) in [4.78, 5) is 14.7. The third kappa shape index (κ3) is 2.71. The molecule has 1 amide bonds. The molecule has 22 heavy (non-hydrogen) atoms. The number of amides is 1. The highest BCUT2D eigenvalue weighted by atomic mass is 16.2. The Balaban J connectivity index is 1.93. The average Bonchev–Trinajstić information content (AvgIpc) is 2.86. The molecule has 1 unspecified atom stereocenters. The molecule has 1 aromatic carbocycles. The Morgan fingerprint density at radius 1 is 1.32 bits per heavy atom. The maximum Gasteiger partial charge on any atom is 0.223 e. The molecule has 1 heterocycles. The molecule has 0 saturated carbocycles. The monoisotopic (exact) mass is 297 g/mol. The first-order chi connectivity index (χ1) is 10.6. The van der Waals surface area contributed by atoms with E-state index >= 15 is 0 Å². The predicted molar refractivity (Wildman–Crippen MR) is 91.5 cm³/mol.